The second-order valence-electron chi connectivity index (χ2n) is 7.32. The fourth-order valence-corrected chi connectivity index (χ4v) is 4.14. The lowest BCUT2D eigenvalue weighted by Gasteiger charge is -2.34. The van der Waals surface area contributed by atoms with Crippen LogP contribution < -0.4 is 18.9 Å². The van der Waals surface area contributed by atoms with E-state index >= 15 is 0 Å². The molecule has 5 heteroatoms. The molecule has 0 saturated carbocycles. The molecule has 0 bridgehead atoms. The molecule has 2 aromatic rings. The third kappa shape index (κ3) is 3.69. The maximum absolute atomic E-state index is 5.99. The van der Waals surface area contributed by atoms with E-state index < -0.39 is 0 Å². The highest BCUT2D eigenvalue weighted by Gasteiger charge is 2.25. The number of benzene rings is 2. The lowest BCUT2D eigenvalue weighted by atomic mass is 9.94. The van der Waals surface area contributed by atoms with Gasteiger partial charge in [-0.1, -0.05) is 0 Å². The summed E-state index contributed by atoms with van der Waals surface area (Å²) in [5.41, 5.74) is 3.94. The van der Waals surface area contributed by atoms with E-state index in [-0.39, 0.29) is 0 Å². The molecule has 4 rings (SSSR count). The third-order valence-corrected chi connectivity index (χ3v) is 5.56. The van der Waals surface area contributed by atoms with Gasteiger partial charge >= 0.3 is 0 Å². The van der Waals surface area contributed by atoms with Gasteiger partial charge in [-0.25, -0.2) is 0 Å². The molecule has 0 amide bonds. The zero-order chi connectivity index (χ0) is 18.8. The van der Waals surface area contributed by atoms with E-state index in [0.717, 1.165) is 62.1 Å². The van der Waals surface area contributed by atoms with Crippen LogP contribution in [0.25, 0.3) is 0 Å². The summed E-state index contributed by atoms with van der Waals surface area (Å²) in [5, 5.41) is 0. The zero-order valence-electron chi connectivity index (χ0n) is 16.3. The fourth-order valence-electron chi connectivity index (χ4n) is 4.14. The lowest BCUT2D eigenvalue weighted by Crippen LogP contribution is -2.38. The molecule has 2 aromatic carbocycles. The van der Waals surface area contributed by atoms with Crippen LogP contribution in [0.2, 0.25) is 0 Å². The Balaban J connectivity index is 1.44. The molecule has 0 saturated heterocycles. The summed E-state index contributed by atoms with van der Waals surface area (Å²) in [6.07, 6.45) is 2.06. The Morgan fingerprint density at radius 1 is 0.963 bits per heavy atom. The first-order chi connectivity index (χ1) is 13.2. The first-order valence-corrected chi connectivity index (χ1v) is 9.46. The number of hydrogen-bond donors (Lipinski definition) is 0. The van der Waals surface area contributed by atoms with Crippen LogP contribution in [0.5, 0.6) is 23.0 Å². The van der Waals surface area contributed by atoms with Gasteiger partial charge in [-0.15, -0.1) is 0 Å². The Hall–Kier alpha value is -2.40. The Morgan fingerprint density at radius 2 is 1.74 bits per heavy atom. The molecule has 0 N–H and O–H groups in total. The van der Waals surface area contributed by atoms with Gasteiger partial charge in [0.25, 0.3) is 0 Å². The monoisotopic (exact) mass is 369 g/mol. The van der Waals surface area contributed by atoms with Gasteiger partial charge in [0, 0.05) is 25.6 Å². The Kier molecular flexibility index (Phi) is 5.12. The van der Waals surface area contributed by atoms with E-state index in [1.54, 1.807) is 21.3 Å². The quantitative estimate of drug-likeness (QED) is 0.809. The van der Waals surface area contributed by atoms with Crippen molar-refractivity contribution in [2.45, 2.75) is 19.4 Å². The topological polar surface area (TPSA) is 40.2 Å². The Labute approximate surface area is 160 Å². The van der Waals surface area contributed by atoms with Crippen LogP contribution in [-0.4, -0.2) is 45.9 Å². The molecular weight excluding hydrogens is 342 g/mol. The normalized spacial score (nSPS) is 18.9. The van der Waals surface area contributed by atoms with Gasteiger partial charge in [0.15, 0.2) is 11.5 Å². The van der Waals surface area contributed by atoms with Crippen molar-refractivity contribution in [2.24, 2.45) is 5.92 Å². The fraction of sp³-hybridized carbons (Fsp3) is 0.455. The summed E-state index contributed by atoms with van der Waals surface area (Å²) in [6, 6.07) is 10.3. The minimum atomic E-state index is 0.492. The lowest BCUT2D eigenvalue weighted by molar-refractivity contribution is 0.150. The molecule has 5 nitrogen and oxygen atoms in total. The van der Waals surface area contributed by atoms with Gasteiger partial charge in [-0.05, 0) is 59.9 Å². The van der Waals surface area contributed by atoms with Crippen LogP contribution in [0.3, 0.4) is 0 Å². The molecule has 144 valence electrons. The first kappa shape index (κ1) is 18.0. The van der Waals surface area contributed by atoms with Crippen molar-refractivity contribution in [1.82, 2.24) is 4.90 Å². The molecule has 1 unspecified atom stereocenters. The van der Waals surface area contributed by atoms with Crippen LogP contribution in [0, 0.1) is 5.92 Å². The molecule has 27 heavy (non-hydrogen) atoms. The van der Waals surface area contributed by atoms with Crippen LogP contribution in [0.1, 0.15) is 16.7 Å². The number of nitrogens with zero attached hydrogens (tertiary/aromatic N) is 1. The number of methoxy groups -OCH3 is 3. The largest absolute Gasteiger partial charge is 0.497 e. The van der Waals surface area contributed by atoms with E-state index in [9.17, 15) is 0 Å². The van der Waals surface area contributed by atoms with Gasteiger partial charge in [0.2, 0.25) is 0 Å². The molecule has 0 aromatic heterocycles. The maximum atomic E-state index is 5.99. The van der Waals surface area contributed by atoms with E-state index in [2.05, 4.69) is 23.1 Å². The predicted octanol–water partition coefficient (Wildman–Crippen LogP) is 3.32. The molecular formula is C22H27NO4. The average molecular weight is 369 g/mol. The van der Waals surface area contributed by atoms with Gasteiger partial charge in [0.1, 0.15) is 11.5 Å². The first-order valence-electron chi connectivity index (χ1n) is 9.46. The van der Waals surface area contributed by atoms with E-state index in [1.165, 1.54) is 16.7 Å². The average Bonchev–Trinajstić information content (AvgIpc) is 2.72. The highest BCUT2D eigenvalue weighted by atomic mass is 16.5. The minimum absolute atomic E-state index is 0.492. The molecule has 2 aliphatic heterocycles. The molecule has 1 atom stereocenters. The SMILES string of the molecule is COc1ccc2c(c1)CC(CN1CCc3cc(OC)c(OC)cc3C1)CO2. The second kappa shape index (κ2) is 7.69. The van der Waals surface area contributed by atoms with Crippen LogP contribution in [-0.2, 0) is 19.4 Å². The maximum Gasteiger partial charge on any atom is 0.161 e. The highest BCUT2D eigenvalue weighted by molar-refractivity contribution is 5.48. The van der Waals surface area contributed by atoms with Crippen molar-refractivity contribution in [3.63, 3.8) is 0 Å². The van der Waals surface area contributed by atoms with Crippen LogP contribution in [0.4, 0.5) is 0 Å². The summed E-state index contributed by atoms with van der Waals surface area (Å²) in [4.78, 5) is 2.52. The summed E-state index contributed by atoms with van der Waals surface area (Å²) in [7, 11) is 5.09. The van der Waals surface area contributed by atoms with E-state index in [0.29, 0.717) is 5.92 Å². The zero-order valence-corrected chi connectivity index (χ0v) is 16.3. The smallest absolute Gasteiger partial charge is 0.161 e. The van der Waals surface area contributed by atoms with E-state index in [1.807, 2.05) is 12.1 Å². The van der Waals surface area contributed by atoms with Gasteiger partial charge in [-0.2, -0.15) is 0 Å². The van der Waals surface area contributed by atoms with Crippen molar-refractivity contribution in [2.75, 3.05) is 41.0 Å². The molecule has 2 aliphatic rings. The molecule has 0 spiro atoms. The van der Waals surface area contributed by atoms with Crippen LogP contribution >= 0.6 is 0 Å². The minimum Gasteiger partial charge on any atom is -0.497 e. The summed E-state index contributed by atoms with van der Waals surface area (Å²) in [5.74, 6) is 4.00. The van der Waals surface area contributed by atoms with Crippen molar-refractivity contribution in [3.8, 4) is 23.0 Å². The highest BCUT2D eigenvalue weighted by Crippen LogP contribution is 2.34. The summed E-state index contributed by atoms with van der Waals surface area (Å²) >= 11 is 0. The summed E-state index contributed by atoms with van der Waals surface area (Å²) < 4.78 is 22.3. The molecule has 0 fully saturated rings. The standard InChI is InChI=1S/C22H27NO4/c1-24-19-4-5-20-17(9-19)8-15(14-27-20)12-23-7-6-16-10-21(25-2)22(26-3)11-18(16)13-23/h4-5,9-11,15H,6-8,12-14H2,1-3H3. The van der Waals surface area contributed by atoms with Crippen molar-refractivity contribution in [3.05, 3.63) is 47.0 Å². The Bertz CT molecular complexity index is 820. The Morgan fingerprint density at radius 3 is 2.48 bits per heavy atom. The number of rotatable bonds is 5. The second-order valence-corrected chi connectivity index (χ2v) is 7.32. The van der Waals surface area contributed by atoms with Gasteiger partial charge in [-0.3, -0.25) is 4.90 Å². The summed E-state index contributed by atoms with van der Waals surface area (Å²) in [6.45, 7) is 3.81. The van der Waals surface area contributed by atoms with Gasteiger partial charge < -0.3 is 18.9 Å². The number of fused-ring (bicyclic) bond motifs is 2. The van der Waals surface area contributed by atoms with Crippen molar-refractivity contribution < 1.29 is 18.9 Å². The van der Waals surface area contributed by atoms with Crippen molar-refractivity contribution in [1.29, 1.82) is 0 Å². The number of ether oxygens (including phenoxy) is 4. The van der Waals surface area contributed by atoms with Crippen LogP contribution in [0.15, 0.2) is 30.3 Å². The predicted molar refractivity (Wildman–Crippen MR) is 104 cm³/mol. The van der Waals surface area contributed by atoms with Crippen molar-refractivity contribution >= 4 is 0 Å². The van der Waals surface area contributed by atoms with E-state index in [4.69, 9.17) is 18.9 Å². The molecule has 2 heterocycles. The van der Waals surface area contributed by atoms with Gasteiger partial charge in [0.05, 0.1) is 27.9 Å². The molecule has 0 aliphatic carbocycles. The molecule has 0 radical (unpaired) electrons. The number of hydrogen-bond acceptors (Lipinski definition) is 5. The third-order valence-electron chi connectivity index (χ3n) is 5.56.